The molecule has 0 aliphatic carbocycles. The summed E-state index contributed by atoms with van der Waals surface area (Å²) >= 11 is 1.36. The van der Waals surface area contributed by atoms with E-state index in [2.05, 4.69) is 0 Å². The lowest BCUT2D eigenvalue weighted by Gasteiger charge is -2.12. The van der Waals surface area contributed by atoms with E-state index >= 15 is 0 Å². The highest BCUT2D eigenvalue weighted by Crippen LogP contribution is 2.21. The lowest BCUT2D eigenvalue weighted by molar-refractivity contribution is 0.0971. The Labute approximate surface area is 165 Å². The molecule has 0 aliphatic rings. The van der Waals surface area contributed by atoms with Crippen molar-refractivity contribution in [2.24, 2.45) is 0 Å². The molecule has 0 fully saturated rings. The van der Waals surface area contributed by atoms with Crippen molar-refractivity contribution in [3.8, 4) is 0 Å². The van der Waals surface area contributed by atoms with Crippen molar-refractivity contribution < 1.29 is 4.79 Å². The summed E-state index contributed by atoms with van der Waals surface area (Å²) in [6.45, 7) is 1.96. The molecule has 0 saturated carbocycles. The number of aryl methyl sites for hydroxylation is 1. The normalized spacial score (nSPS) is 11.0. The number of aromatic nitrogens is 2. The van der Waals surface area contributed by atoms with Gasteiger partial charge in [-0.25, -0.2) is 4.79 Å². The van der Waals surface area contributed by atoms with Crippen LogP contribution in [0.1, 0.15) is 20.8 Å². The minimum absolute atomic E-state index is 0.103. The molecule has 2 heterocycles. The van der Waals surface area contributed by atoms with E-state index < -0.39 is 5.69 Å². The van der Waals surface area contributed by atoms with Gasteiger partial charge in [0, 0.05) is 10.4 Å². The van der Waals surface area contributed by atoms with Crippen LogP contribution in [0.4, 0.5) is 0 Å². The highest BCUT2D eigenvalue weighted by atomic mass is 32.1. The summed E-state index contributed by atoms with van der Waals surface area (Å²) in [5.41, 5.74) is 0.606. The van der Waals surface area contributed by atoms with Crippen LogP contribution in [0.25, 0.3) is 10.2 Å². The third-order valence-corrected chi connectivity index (χ3v) is 5.67. The van der Waals surface area contributed by atoms with Crippen molar-refractivity contribution in [1.82, 2.24) is 9.13 Å². The smallest absolute Gasteiger partial charge is 0.292 e. The van der Waals surface area contributed by atoms with E-state index in [1.807, 2.05) is 43.3 Å². The van der Waals surface area contributed by atoms with Gasteiger partial charge in [0.15, 0.2) is 5.78 Å². The molecule has 140 valence electrons. The highest BCUT2D eigenvalue weighted by molar-refractivity contribution is 7.18. The van der Waals surface area contributed by atoms with Gasteiger partial charge in [0.2, 0.25) is 0 Å². The zero-order chi connectivity index (χ0) is 19.7. The minimum atomic E-state index is -0.465. The van der Waals surface area contributed by atoms with Crippen LogP contribution in [-0.4, -0.2) is 14.9 Å². The molecule has 0 spiro atoms. The molecule has 2 aromatic heterocycles. The maximum Gasteiger partial charge on any atom is 0.332 e. The molecule has 0 saturated heterocycles. The summed E-state index contributed by atoms with van der Waals surface area (Å²) in [4.78, 5) is 40.3. The molecule has 6 heteroatoms. The average molecular weight is 390 g/mol. The molecule has 0 bridgehead atoms. The molecule has 0 aliphatic heterocycles. The summed E-state index contributed by atoms with van der Waals surface area (Å²) in [5, 5.41) is 0.471. The fraction of sp³-hybridized carbons (Fsp3) is 0.136. The van der Waals surface area contributed by atoms with E-state index in [1.54, 1.807) is 30.3 Å². The van der Waals surface area contributed by atoms with Gasteiger partial charge in [0.25, 0.3) is 5.56 Å². The lowest BCUT2D eigenvalue weighted by Crippen LogP contribution is -2.40. The SMILES string of the molecule is Cc1cc2c(=O)n(Cc3ccccc3)c(=O)n(CC(=O)c3ccccc3)c2s1. The van der Waals surface area contributed by atoms with Crippen molar-refractivity contribution >= 4 is 27.3 Å². The molecule has 28 heavy (non-hydrogen) atoms. The van der Waals surface area contributed by atoms with E-state index in [-0.39, 0.29) is 24.4 Å². The fourth-order valence-electron chi connectivity index (χ4n) is 3.22. The number of fused-ring (bicyclic) bond motifs is 1. The first-order chi connectivity index (χ1) is 13.5. The molecular formula is C22H18N2O3S. The predicted octanol–water partition coefficient (Wildman–Crippen LogP) is 3.46. The summed E-state index contributed by atoms with van der Waals surface area (Å²) in [6, 6.07) is 20.0. The largest absolute Gasteiger partial charge is 0.332 e. The topological polar surface area (TPSA) is 61.1 Å². The molecule has 0 amide bonds. The van der Waals surface area contributed by atoms with Crippen LogP contribution in [0.2, 0.25) is 0 Å². The first kappa shape index (κ1) is 18.1. The van der Waals surface area contributed by atoms with Gasteiger partial charge >= 0.3 is 5.69 Å². The Kier molecular flexibility index (Phi) is 4.79. The van der Waals surface area contributed by atoms with E-state index in [0.717, 1.165) is 10.4 Å². The Bertz CT molecular complexity index is 1270. The van der Waals surface area contributed by atoms with Crippen molar-refractivity contribution in [2.45, 2.75) is 20.0 Å². The fourth-order valence-corrected chi connectivity index (χ4v) is 4.22. The van der Waals surface area contributed by atoms with E-state index in [1.165, 1.54) is 20.5 Å². The van der Waals surface area contributed by atoms with Gasteiger partial charge in [0.1, 0.15) is 4.83 Å². The van der Waals surface area contributed by atoms with Crippen LogP contribution in [0.5, 0.6) is 0 Å². The summed E-state index contributed by atoms with van der Waals surface area (Å²) in [7, 11) is 0. The van der Waals surface area contributed by atoms with Crippen LogP contribution >= 0.6 is 11.3 Å². The second-order valence-electron chi connectivity index (χ2n) is 6.61. The van der Waals surface area contributed by atoms with E-state index in [9.17, 15) is 14.4 Å². The van der Waals surface area contributed by atoms with Gasteiger partial charge in [0.05, 0.1) is 18.5 Å². The van der Waals surface area contributed by atoms with Crippen LogP contribution in [0.3, 0.4) is 0 Å². The number of hydrogen-bond donors (Lipinski definition) is 0. The number of hydrogen-bond acceptors (Lipinski definition) is 4. The number of Topliss-reactive ketones (excluding diaryl/α,β-unsaturated/α-hetero) is 1. The van der Waals surface area contributed by atoms with Crippen molar-refractivity contribution in [1.29, 1.82) is 0 Å². The maximum absolute atomic E-state index is 13.2. The van der Waals surface area contributed by atoms with Gasteiger partial charge in [-0.05, 0) is 18.6 Å². The lowest BCUT2D eigenvalue weighted by atomic mass is 10.1. The second-order valence-corrected chi connectivity index (χ2v) is 7.85. The number of carbonyl (C=O) groups excluding carboxylic acids is 1. The zero-order valence-corrected chi connectivity index (χ0v) is 16.1. The summed E-state index contributed by atoms with van der Waals surface area (Å²) in [5.74, 6) is -0.167. The monoisotopic (exact) mass is 390 g/mol. The Morgan fingerprint density at radius 2 is 1.57 bits per heavy atom. The number of carbonyl (C=O) groups is 1. The molecule has 4 rings (SSSR count). The third kappa shape index (κ3) is 3.34. The molecule has 2 aromatic carbocycles. The standard InChI is InChI=1S/C22H18N2O3S/c1-15-12-18-20(26)23(13-16-8-4-2-5-9-16)22(27)24(21(18)28-15)14-19(25)17-10-6-3-7-11-17/h2-12H,13-14H2,1H3. The van der Waals surface area contributed by atoms with Crippen LogP contribution in [0.15, 0.2) is 76.3 Å². The zero-order valence-electron chi connectivity index (χ0n) is 15.3. The first-order valence-corrected chi connectivity index (χ1v) is 9.72. The summed E-state index contributed by atoms with van der Waals surface area (Å²) in [6.07, 6.45) is 0. The predicted molar refractivity (Wildman–Crippen MR) is 111 cm³/mol. The molecule has 0 N–H and O–H groups in total. The maximum atomic E-state index is 13.2. The Hall–Kier alpha value is -3.25. The van der Waals surface area contributed by atoms with Crippen LogP contribution in [0, 0.1) is 6.92 Å². The number of ketones is 1. The van der Waals surface area contributed by atoms with Crippen LogP contribution < -0.4 is 11.2 Å². The average Bonchev–Trinajstić information content (AvgIpc) is 3.11. The quantitative estimate of drug-likeness (QED) is 0.490. The highest BCUT2D eigenvalue weighted by Gasteiger charge is 2.18. The second kappa shape index (κ2) is 7.40. The molecule has 4 aromatic rings. The van der Waals surface area contributed by atoms with Crippen molar-refractivity contribution in [3.63, 3.8) is 0 Å². The Balaban J connectivity index is 1.86. The van der Waals surface area contributed by atoms with Gasteiger partial charge in [-0.15, -0.1) is 11.3 Å². The molecule has 5 nitrogen and oxygen atoms in total. The number of rotatable bonds is 5. The Morgan fingerprint density at radius 3 is 2.25 bits per heavy atom. The first-order valence-electron chi connectivity index (χ1n) is 8.90. The third-order valence-electron chi connectivity index (χ3n) is 4.60. The van der Waals surface area contributed by atoms with Gasteiger partial charge in [-0.1, -0.05) is 60.7 Å². The number of benzene rings is 2. The number of thiophene rings is 1. The van der Waals surface area contributed by atoms with E-state index in [4.69, 9.17) is 0 Å². The van der Waals surface area contributed by atoms with Crippen LogP contribution in [-0.2, 0) is 13.1 Å². The molecule has 0 unspecified atom stereocenters. The molecular weight excluding hydrogens is 372 g/mol. The Morgan fingerprint density at radius 1 is 0.929 bits per heavy atom. The number of nitrogens with zero attached hydrogens (tertiary/aromatic N) is 2. The van der Waals surface area contributed by atoms with Crippen molar-refractivity contribution in [3.05, 3.63) is 104 Å². The van der Waals surface area contributed by atoms with Gasteiger partial charge in [-0.2, -0.15) is 0 Å². The summed E-state index contributed by atoms with van der Waals surface area (Å²) < 4.78 is 2.63. The van der Waals surface area contributed by atoms with Gasteiger partial charge in [-0.3, -0.25) is 18.7 Å². The van der Waals surface area contributed by atoms with E-state index in [0.29, 0.717) is 15.8 Å². The molecule has 0 radical (unpaired) electrons. The van der Waals surface area contributed by atoms with Crippen molar-refractivity contribution in [2.75, 3.05) is 0 Å². The molecule has 0 atom stereocenters. The van der Waals surface area contributed by atoms with Gasteiger partial charge < -0.3 is 0 Å². The minimum Gasteiger partial charge on any atom is -0.292 e.